The zero-order valence-corrected chi connectivity index (χ0v) is 12.9. The summed E-state index contributed by atoms with van der Waals surface area (Å²) in [4.78, 5) is 21.6. The maximum atomic E-state index is 12.1. The molecular weight excluding hydrogens is 320 g/mol. The first-order valence-corrected chi connectivity index (χ1v) is 8.37. The maximum absolute atomic E-state index is 12.1. The molecule has 1 aliphatic rings. The molecule has 0 aromatic heterocycles. The number of nitrogens with zero attached hydrogens (tertiary/aromatic N) is 1. The highest BCUT2D eigenvalue weighted by Gasteiger charge is 2.46. The molecule has 1 N–H and O–H groups in total. The third-order valence-electron chi connectivity index (χ3n) is 3.46. The van der Waals surface area contributed by atoms with Crippen LogP contribution in [0.5, 0.6) is 0 Å². The summed E-state index contributed by atoms with van der Waals surface area (Å²) >= 11 is 0. The van der Waals surface area contributed by atoms with Gasteiger partial charge in [-0.2, -0.15) is 0 Å². The van der Waals surface area contributed by atoms with Crippen LogP contribution in [0.25, 0.3) is 0 Å². The van der Waals surface area contributed by atoms with Gasteiger partial charge < -0.3 is 5.32 Å². The summed E-state index contributed by atoms with van der Waals surface area (Å²) in [5.74, 6) is -0.559. The van der Waals surface area contributed by atoms with Crippen molar-refractivity contribution in [2.24, 2.45) is 5.41 Å². The van der Waals surface area contributed by atoms with Crippen molar-refractivity contribution in [3.8, 4) is 0 Å². The fourth-order valence-electron chi connectivity index (χ4n) is 1.92. The summed E-state index contributed by atoms with van der Waals surface area (Å²) in [7, 11) is 1.03. The number of amides is 1. The van der Waals surface area contributed by atoms with Crippen molar-refractivity contribution in [3.63, 3.8) is 0 Å². The quantitative estimate of drug-likeness (QED) is 0.516. The Morgan fingerprint density at radius 2 is 2.00 bits per heavy atom. The van der Waals surface area contributed by atoms with E-state index < -0.39 is 30.5 Å². The monoisotopic (exact) mass is 332 g/mol. The minimum absolute atomic E-state index is 0.0161. The molecule has 114 valence electrons. The third kappa shape index (κ3) is 3.51. The van der Waals surface area contributed by atoms with Gasteiger partial charge in [-0.05, 0) is 17.9 Å². The molecule has 0 saturated heterocycles. The van der Waals surface area contributed by atoms with Crippen LogP contribution in [0.4, 0.5) is 5.69 Å². The lowest BCUT2D eigenvalue weighted by Gasteiger charge is -2.08. The van der Waals surface area contributed by atoms with E-state index in [9.17, 15) is 23.3 Å². The second-order valence-electron chi connectivity index (χ2n) is 5.63. The normalized spacial score (nSPS) is 19.9. The second-order valence-corrected chi connectivity index (χ2v) is 8.20. The van der Waals surface area contributed by atoms with Crippen LogP contribution in [0, 0.1) is 15.5 Å². The van der Waals surface area contributed by atoms with Crippen LogP contribution in [0.3, 0.4) is 0 Å². The Kier molecular flexibility index (Phi) is 3.71. The molecule has 1 atom stereocenters. The van der Waals surface area contributed by atoms with Crippen LogP contribution in [-0.2, 0) is 9.05 Å². The van der Waals surface area contributed by atoms with Gasteiger partial charge in [0.15, 0.2) is 0 Å². The summed E-state index contributed by atoms with van der Waals surface area (Å²) < 4.78 is 22.7. The average Bonchev–Trinajstić information content (AvgIpc) is 2.94. The molecule has 1 aromatic carbocycles. The van der Waals surface area contributed by atoms with Crippen LogP contribution >= 0.6 is 10.7 Å². The number of nitrogens with one attached hydrogen (secondary N) is 1. The summed E-state index contributed by atoms with van der Waals surface area (Å²) in [5.41, 5.74) is -0.624. The number of benzene rings is 1. The Morgan fingerprint density at radius 1 is 1.43 bits per heavy atom. The van der Waals surface area contributed by atoms with E-state index in [2.05, 4.69) is 5.32 Å². The highest BCUT2D eigenvalue weighted by molar-refractivity contribution is 8.13. The molecular formula is C12H13ClN2O5S. The largest absolute Gasteiger partial charge is 0.349 e. The zero-order valence-electron chi connectivity index (χ0n) is 11.3. The molecule has 1 aromatic rings. The SMILES string of the molecule is CC1(C)CC1NC(=O)c1cc([N+](=O)[O-])cc(S(=O)(=O)Cl)c1. The van der Waals surface area contributed by atoms with Crippen molar-refractivity contribution in [1.29, 1.82) is 0 Å². The van der Waals surface area contributed by atoms with Gasteiger partial charge in [0, 0.05) is 34.4 Å². The Labute approximate surface area is 125 Å². The summed E-state index contributed by atoms with van der Waals surface area (Å²) in [6, 6.07) is 2.84. The van der Waals surface area contributed by atoms with Crippen molar-refractivity contribution in [2.75, 3.05) is 0 Å². The van der Waals surface area contributed by atoms with E-state index in [1.807, 2.05) is 13.8 Å². The van der Waals surface area contributed by atoms with E-state index in [0.717, 1.165) is 24.6 Å². The molecule has 0 heterocycles. The number of nitro groups is 1. The maximum Gasteiger partial charge on any atom is 0.271 e. The highest BCUT2D eigenvalue weighted by atomic mass is 35.7. The predicted octanol–water partition coefficient (Wildman–Crippen LogP) is 2.05. The van der Waals surface area contributed by atoms with Gasteiger partial charge in [-0.3, -0.25) is 14.9 Å². The van der Waals surface area contributed by atoms with Crippen molar-refractivity contribution in [1.82, 2.24) is 5.32 Å². The number of rotatable bonds is 4. The molecule has 21 heavy (non-hydrogen) atoms. The zero-order chi connectivity index (χ0) is 16.0. The number of hydrogen-bond donors (Lipinski definition) is 1. The molecule has 0 radical (unpaired) electrons. The fourth-order valence-corrected chi connectivity index (χ4v) is 2.71. The lowest BCUT2D eigenvalue weighted by Crippen LogP contribution is -2.28. The number of carbonyl (C=O) groups is 1. The summed E-state index contributed by atoms with van der Waals surface area (Å²) in [5, 5.41) is 13.5. The van der Waals surface area contributed by atoms with Gasteiger partial charge in [-0.25, -0.2) is 8.42 Å². The number of non-ortho nitro benzene ring substituents is 1. The predicted molar refractivity (Wildman–Crippen MR) is 75.8 cm³/mol. The van der Waals surface area contributed by atoms with E-state index in [1.165, 1.54) is 0 Å². The van der Waals surface area contributed by atoms with Gasteiger partial charge in [0.25, 0.3) is 20.6 Å². The highest BCUT2D eigenvalue weighted by Crippen LogP contribution is 2.44. The van der Waals surface area contributed by atoms with E-state index in [-0.39, 0.29) is 17.0 Å². The standard InChI is InChI=1S/C12H13ClN2O5S/c1-12(2)6-10(12)14-11(16)7-3-8(15(17)18)5-9(4-7)21(13,19)20/h3-5,10H,6H2,1-2H3,(H,14,16). The van der Waals surface area contributed by atoms with E-state index in [1.54, 1.807) is 0 Å². The molecule has 1 unspecified atom stereocenters. The molecule has 1 amide bonds. The van der Waals surface area contributed by atoms with E-state index in [0.29, 0.717) is 0 Å². The molecule has 7 nitrogen and oxygen atoms in total. The van der Waals surface area contributed by atoms with Crippen LogP contribution in [0.15, 0.2) is 23.1 Å². The molecule has 1 aliphatic carbocycles. The van der Waals surface area contributed by atoms with E-state index in [4.69, 9.17) is 10.7 Å². The molecule has 1 saturated carbocycles. The second kappa shape index (κ2) is 4.96. The van der Waals surface area contributed by atoms with Crippen molar-refractivity contribution >= 4 is 31.3 Å². The summed E-state index contributed by atoms with van der Waals surface area (Å²) in [6.45, 7) is 3.94. The van der Waals surface area contributed by atoms with E-state index >= 15 is 0 Å². The van der Waals surface area contributed by atoms with Gasteiger partial charge in [-0.1, -0.05) is 13.8 Å². The van der Waals surface area contributed by atoms with Crippen LogP contribution in [0.1, 0.15) is 30.6 Å². The summed E-state index contributed by atoms with van der Waals surface area (Å²) in [6.07, 6.45) is 0.800. The van der Waals surface area contributed by atoms with Gasteiger partial charge >= 0.3 is 0 Å². The number of nitro benzene ring substituents is 1. The molecule has 0 spiro atoms. The third-order valence-corrected chi connectivity index (χ3v) is 4.80. The number of carbonyl (C=O) groups excluding carboxylic acids is 1. The molecule has 0 aliphatic heterocycles. The Balaban J connectivity index is 2.36. The smallest absolute Gasteiger partial charge is 0.271 e. The van der Waals surface area contributed by atoms with Gasteiger partial charge in [0.1, 0.15) is 0 Å². The Morgan fingerprint density at radius 3 is 2.43 bits per heavy atom. The minimum Gasteiger partial charge on any atom is -0.349 e. The van der Waals surface area contributed by atoms with Crippen LogP contribution in [-0.4, -0.2) is 25.3 Å². The molecule has 0 bridgehead atoms. The van der Waals surface area contributed by atoms with Gasteiger partial charge in [-0.15, -0.1) is 0 Å². The first kappa shape index (κ1) is 15.7. The Hall–Kier alpha value is -1.67. The van der Waals surface area contributed by atoms with Crippen molar-refractivity contribution in [3.05, 3.63) is 33.9 Å². The van der Waals surface area contributed by atoms with Gasteiger partial charge in [0.2, 0.25) is 0 Å². The molecule has 2 rings (SSSR count). The fraction of sp³-hybridized carbons (Fsp3) is 0.417. The first-order valence-electron chi connectivity index (χ1n) is 6.06. The van der Waals surface area contributed by atoms with Gasteiger partial charge in [0.05, 0.1) is 9.82 Å². The molecule has 1 fully saturated rings. The average molecular weight is 333 g/mol. The van der Waals surface area contributed by atoms with Crippen molar-refractivity contribution < 1.29 is 18.1 Å². The minimum atomic E-state index is -4.16. The topological polar surface area (TPSA) is 106 Å². The molecule has 9 heteroatoms. The number of halogens is 1. The number of hydrogen-bond acceptors (Lipinski definition) is 5. The Bertz CT molecular complexity index is 729. The first-order chi connectivity index (χ1) is 9.50. The van der Waals surface area contributed by atoms with Crippen molar-refractivity contribution in [2.45, 2.75) is 31.2 Å². The lowest BCUT2D eigenvalue weighted by molar-refractivity contribution is -0.385. The van der Waals surface area contributed by atoms with Crippen LogP contribution in [0.2, 0.25) is 0 Å². The van der Waals surface area contributed by atoms with Crippen LogP contribution < -0.4 is 5.32 Å². The lowest BCUT2D eigenvalue weighted by atomic mass is 10.1.